The molecule has 1 aromatic heterocycles. The summed E-state index contributed by atoms with van der Waals surface area (Å²) in [5, 5.41) is 20.6. The van der Waals surface area contributed by atoms with Crippen molar-refractivity contribution in [1.29, 1.82) is 0 Å². The van der Waals surface area contributed by atoms with Gasteiger partial charge in [0.1, 0.15) is 0 Å². The van der Waals surface area contributed by atoms with Gasteiger partial charge < -0.3 is 15.7 Å². The molecular formula is C18H32N4O2. The SMILES string of the molecule is Cc1nn(C)c(C)c1CC(C)NC(=O)NCC1(C)CCCCC1O. The Kier molecular flexibility index (Phi) is 5.91. The normalized spacial score (nSPS) is 25.3. The molecule has 6 nitrogen and oxygen atoms in total. The van der Waals surface area contributed by atoms with Crippen LogP contribution in [-0.4, -0.2) is 39.6 Å². The molecule has 0 saturated heterocycles. The summed E-state index contributed by atoms with van der Waals surface area (Å²) in [5.41, 5.74) is 3.14. The summed E-state index contributed by atoms with van der Waals surface area (Å²) in [6, 6.07) is -0.142. The van der Waals surface area contributed by atoms with E-state index >= 15 is 0 Å². The quantitative estimate of drug-likeness (QED) is 0.771. The molecule has 1 heterocycles. The molecular weight excluding hydrogens is 304 g/mol. The number of aliphatic hydroxyl groups is 1. The lowest BCUT2D eigenvalue weighted by atomic mass is 9.73. The molecule has 0 aliphatic heterocycles. The second-order valence-corrected chi connectivity index (χ2v) is 7.62. The van der Waals surface area contributed by atoms with Crippen LogP contribution in [0.5, 0.6) is 0 Å². The van der Waals surface area contributed by atoms with Crippen LogP contribution in [0, 0.1) is 19.3 Å². The number of carbonyl (C=O) groups excluding carboxylic acids is 1. The lowest BCUT2D eigenvalue weighted by Crippen LogP contribution is -2.49. The summed E-state index contributed by atoms with van der Waals surface area (Å²) in [7, 11) is 1.94. The second kappa shape index (κ2) is 7.55. The fraction of sp³-hybridized carbons (Fsp3) is 0.778. The Balaban J connectivity index is 1.83. The highest BCUT2D eigenvalue weighted by atomic mass is 16.3. The van der Waals surface area contributed by atoms with Crippen LogP contribution in [0.25, 0.3) is 0 Å². The molecule has 1 saturated carbocycles. The third-order valence-corrected chi connectivity index (χ3v) is 5.48. The van der Waals surface area contributed by atoms with Gasteiger partial charge in [0.2, 0.25) is 0 Å². The first-order valence-electron chi connectivity index (χ1n) is 8.94. The van der Waals surface area contributed by atoms with Crippen molar-refractivity contribution in [3.63, 3.8) is 0 Å². The van der Waals surface area contributed by atoms with Gasteiger partial charge in [-0.25, -0.2) is 4.79 Å². The molecule has 136 valence electrons. The summed E-state index contributed by atoms with van der Waals surface area (Å²) in [5.74, 6) is 0. The van der Waals surface area contributed by atoms with E-state index in [1.165, 1.54) is 5.56 Å². The smallest absolute Gasteiger partial charge is 0.315 e. The van der Waals surface area contributed by atoms with E-state index in [2.05, 4.69) is 22.7 Å². The lowest BCUT2D eigenvalue weighted by Gasteiger charge is -2.38. The molecule has 0 spiro atoms. The van der Waals surface area contributed by atoms with Crippen LogP contribution >= 0.6 is 0 Å². The van der Waals surface area contributed by atoms with Gasteiger partial charge in [0.05, 0.1) is 11.8 Å². The average Bonchev–Trinajstić information content (AvgIpc) is 2.75. The Bertz CT molecular complexity index is 584. The Hall–Kier alpha value is -1.56. The Morgan fingerprint density at radius 2 is 2.17 bits per heavy atom. The van der Waals surface area contributed by atoms with Crippen LogP contribution in [-0.2, 0) is 13.5 Å². The van der Waals surface area contributed by atoms with E-state index in [-0.39, 0.29) is 23.6 Å². The number of amides is 2. The lowest BCUT2D eigenvalue weighted by molar-refractivity contribution is 0.00306. The van der Waals surface area contributed by atoms with E-state index in [1.54, 1.807) is 0 Å². The summed E-state index contributed by atoms with van der Waals surface area (Å²) in [6.45, 7) is 8.62. The van der Waals surface area contributed by atoms with Crippen molar-refractivity contribution in [2.75, 3.05) is 6.54 Å². The van der Waals surface area contributed by atoms with Gasteiger partial charge >= 0.3 is 6.03 Å². The molecule has 0 aromatic carbocycles. The first-order chi connectivity index (χ1) is 11.2. The third kappa shape index (κ3) is 4.29. The maximum absolute atomic E-state index is 12.2. The third-order valence-electron chi connectivity index (χ3n) is 5.48. The number of nitrogens with one attached hydrogen (secondary N) is 2. The highest BCUT2D eigenvalue weighted by Gasteiger charge is 2.35. The Labute approximate surface area is 145 Å². The number of rotatable bonds is 5. The monoisotopic (exact) mass is 336 g/mol. The predicted octanol–water partition coefficient (Wildman–Crippen LogP) is 2.21. The van der Waals surface area contributed by atoms with Crippen LogP contribution < -0.4 is 10.6 Å². The molecule has 1 aromatic rings. The molecule has 3 N–H and O–H groups in total. The summed E-state index contributed by atoms with van der Waals surface area (Å²) < 4.78 is 1.88. The Morgan fingerprint density at radius 1 is 1.46 bits per heavy atom. The minimum absolute atomic E-state index is 0.0238. The van der Waals surface area contributed by atoms with Gasteiger partial charge in [-0.05, 0) is 45.6 Å². The maximum atomic E-state index is 12.2. The maximum Gasteiger partial charge on any atom is 0.315 e. The molecule has 3 atom stereocenters. The summed E-state index contributed by atoms with van der Waals surface area (Å²) in [4.78, 5) is 12.2. The fourth-order valence-electron chi connectivity index (χ4n) is 3.61. The largest absolute Gasteiger partial charge is 0.392 e. The average molecular weight is 336 g/mol. The van der Waals surface area contributed by atoms with Gasteiger partial charge in [-0.3, -0.25) is 4.68 Å². The molecule has 6 heteroatoms. The van der Waals surface area contributed by atoms with Crippen LogP contribution in [0.15, 0.2) is 0 Å². The van der Waals surface area contributed by atoms with Gasteiger partial charge in [0.25, 0.3) is 0 Å². The van der Waals surface area contributed by atoms with Crippen molar-refractivity contribution < 1.29 is 9.90 Å². The standard InChI is InChI=1S/C18H32N4O2/c1-12(10-15-13(2)21-22(5)14(15)3)20-17(24)19-11-18(4)9-7-6-8-16(18)23/h12,16,23H,6-11H2,1-5H3,(H2,19,20,24). The second-order valence-electron chi connectivity index (χ2n) is 7.62. The summed E-state index contributed by atoms with van der Waals surface area (Å²) >= 11 is 0. The topological polar surface area (TPSA) is 79.2 Å². The predicted molar refractivity (Wildman–Crippen MR) is 95.0 cm³/mol. The van der Waals surface area contributed by atoms with Crippen molar-refractivity contribution in [3.05, 3.63) is 17.0 Å². The molecule has 3 unspecified atom stereocenters. The van der Waals surface area contributed by atoms with Crippen molar-refractivity contribution in [1.82, 2.24) is 20.4 Å². The van der Waals surface area contributed by atoms with Gasteiger partial charge in [-0.2, -0.15) is 5.10 Å². The van der Waals surface area contributed by atoms with Crippen molar-refractivity contribution in [2.45, 2.75) is 71.9 Å². The zero-order chi connectivity index (χ0) is 17.9. The zero-order valence-electron chi connectivity index (χ0n) is 15.6. The van der Waals surface area contributed by atoms with Crippen LogP contribution in [0.2, 0.25) is 0 Å². The number of aliphatic hydroxyl groups excluding tert-OH is 1. The van der Waals surface area contributed by atoms with E-state index in [4.69, 9.17) is 0 Å². The fourth-order valence-corrected chi connectivity index (χ4v) is 3.61. The number of aromatic nitrogens is 2. The van der Waals surface area contributed by atoms with Gasteiger partial charge in [0, 0.05) is 30.7 Å². The van der Waals surface area contributed by atoms with E-state index < -0.39 is 0 Å². The van der Waals surface area contributed by atoms with Gasteiger partial charge in [0.15, 0.2) is 0 Å². The van der Waals surface area contributed by atoms with Crippen LogP contribution in [0.4, 0.5) is 4.79 Å². The molecule has 1 aliphatic carbocycles. The Morgan fingerprint density at radius 3 is 2.75 bits per heavy atom. The first kappa shape index (κ1) is 18.8. The first-order valence-corrected chi connectivity index (χ1v) is 8.94. The summed E-state index contributed by atoms with van der Waals surface area (Å²) in [6.07, 6.45) is 4.41. The highest BCUT2D eigenvalue weighted by Crippen LogP contribution is 2.35. The molecule has 1 aliphatic rings. The molecule has 0 radical (unpaired) electrons. The van der Waals surface area contributed by atoms with Crippen molar-refractivity contribution >= 4 is 6.03 Å². The van der Waals surface area contributed by atoms with Gasteiger partial charge in [-0.15, -0.1) is 0 Å². The van der Waals surface area contributed by atoms with Gasteiger partial charge in [-0.1, -0.05) is 19.8 Å². The number of aryl methyl sites for hydroxylation is 2. The molecule has 2 rings (SSSR count). The number of hydrogen-bond acceptors (Lipinski definition) is 3. The van der Waals surface area contributed by atoms with E-state index in [1.807, 2.05) is 32.5 Å². The number of carbonyl (C=O) groups is 1. The number of urea groups is 1. The van der Waals surface area contributed by atoms with E-state index in [9.17, 15) is 9.90 Å². The molecule has 24 heavy (non-hydrogen) atoms. The van der Waals surface area contributed by atoms with Crippen molar-refractivity contribution in [3.8, 4) is 0 Å². The molecule has 0 bridgehead atoms. The van der Waals surface area contributed by atoms with E-state index in [0.29, 0.717) is 6.54 Å². The number of nitrogens with zero attached hydrogens (tertiary/aromatic N) is 2. The zero-order valence-corrected chi connectivity index (χ0v) is 15.6. The van der Waals surface area contributed by atoms with Crippen LogP contribution in [0.3, 0.4) is 0 Å². The number of hydrogen-bond donors (Lipinski definition) is 3. The minimum Gasteiger partial charge on any atom is -0.392 e. The molecule has 1 fully saturated rings. The highest BCUT2D eigenvalue weighted by molar-refractivity contribution is 5.74. The van der Waals surface area contributed by atoms with Crippen molar-refractivity contribution in [2.24, 2.45) is 12.5 Å². The van der Waals surface area contributed by atoms with E-state index in [0.717, 1.165) is 43.5 Å². The molecule has 2 amide bonds. The van der Waals surface area contributed by atoms with Crippen LogP contribution in [0.1, 0.15) is 56.5 Å². The minimum atomic E-state index is -0.329.